The molecule has 0 radical (unpaired) electrons. The standard InChI is InChI=1S/C15H23N3O2/c1-2-4-14-12-18(9-10-20-14)15(19)17-8-6-13-5-3-7-16-11-13/h3,5,7,11,14H,2,4,6,8-10,12H2,1H3,(H,17,19). The summed E-state index contributed by atoms with van der Waals surface area (Å²) in [5.41, 5.74) is 1.14. The summed E-state index contributed by atoms with van der Waals surface area (Å²) in [6.45, 7) is 4.79. The number of urea groups is 1. The predicted molar refractivity (Wildman–Crippen MR) is 77.6 cm³/mol. The van der Waals surface area contributed by atoms with Gasteiger partial charge in [-0.25, -0.2) is 4.79 Å². The van der Waals surface area contributed by atoms with Gasteiger partial charge in [-0.05, 0) is 24.5 Å². The third kappa shape index (κ3) is 4.49. The highest BCUT2D eigenvalue weighted by atomic mass is 16.5. The second-order valence-corrected chi connectivity index (χ2v) is 5.07. The Balaban J connectivity index is 1.71. The third-order valence-electron chi connectivity index (χ3n) is 3.45. The van der Waals surface area contributed by atoms with E-state index < -0.39 is 0 Å². The molecule has 1 fully saturated rings. The van der Waals surface area contributed by atoms with Crippen molar-refractivity contribution >= 4 is 6.03 Å². The number of nitrogens with one attached hydrogen (secondary N) is 1. The van der Waals surface area contributed by atoms with Gasteiger partial charge in [0.1, 0.15) is 0 Å². The van der Waals surface area contributed by atoms with Crippen LogP contribution in [0.25, 0.3) is 0 Å². The van der Waals surface area contributed by atoms with Gasteiger partial charge in [-0.2, -0.15) is 0 Å². The number of hydrogen-bond acceptors (Lipinski definition) is 3. The number of morpholine rings is 1. The molecule has 1 aliphatic heterocycles. The van der Waals surface area contributed by atoms with Crippen molar-refractivity contribution in [2.45, 2.75) is 32.3 Å². The number of aromatic nitrogens is 1. The first-order chi connectivity index (χ1) is 9.79. The molecule has 0 spiro atoms. The molecule has 1 saturated heterocycles. The first-order valence-electron chi connectivity index (χ1n) is 7.33. The van der Waals surface area contributed by atoms with Gasteiger partial charge in [0.2, 0.25) is 0 Å². The molecule has 1 aromatic heterocycles. The van der Waals surface area contributed by atoms with Crippen molar-refractivity contribution < 1.29 is 9.53 Å². The second kappa shape index (κ2) is 7.85. The van der Waals surface area contributed by atoms with Crippen molar-refractivity contribution in [2.24, 2.45) is 0 Å². The number of pyridine rings is 1. The van der Waals surface area contributed by atoms with E-state index in [1.165, 1.54) is 0 Å². The molecule has 2 rings (SSSR count). The molecule has 20 heavy (non-hydrogen) atoms. The van der Waals surface area contributed by atoms with Crippen molar-refractivity contribution in [3.63, 3.8) is 0 Å². The zero-order chi connectivity index (χ0) is 14.2. The number of carbonyl (C=O) groups excluding carboxylic acids is 1. The molecule has 2 heterocycles. The van der Waals surface area contributed by atoms with Crippen LogP contribution in [-0.2, 0) is 11.2 Å². The molecule has 110 valence electrons. The highest BCUT2D eigenvalue weighted by Gasteiger charge is 2.23. The quantitative estimate of drug-likeness (QED) is 0.893. The molecule has 1 N–H and O–H groups in total. The Morgan fingerprint density at radius 2 is 2.50 bits per heavy atom. The van der Waals surface area contributed by atoms with E-state index in [0.717, 1.165) is 24.8 Å². The van der Waals surface area contributed by atoms with Crippen LogP contribution in [0.4, 0.5) is 4.79 Å². The monoisotopic (exact) mass is 277 g/mol. The summed E-state index contributed by atoms with van der Waals surface area (Å²) < 4.78 is 5.64. The van der Waals surface area contributed by atoms with E-state index in [9.17, 15) is 4.79 Å². The maximum Gasteiger partial charge on any atom is 0.317 e. The van der Waals surface area contributed by atoms with Crippen LogP contribution in [0.5, 0.6) is 0 Å². The zero-order valence-corrected chi connectivity index (χ0v) is 12.0. The fourth-order valence-corrected chi connectivity index (χ4v) is 2.37. The largest absolute Gasteiger partial charge is 0.375 e. The molecule has 5 heteroatoms. The summed E-state index contributed by atoms with van der Waals surface area (Å²) >= 11 is 0. The summed E-state index contributed by atoms with van der Waals surface area (Å²) in [4.78, 5) is 18.0. The molecule has 5 nitrogen and oxygen atoms in total. The van der Waals surface area contributed by atoms with Gasteiger partial charge in [0, 0.05) is 32.0 Å². The van der Waals surface area contributed by atoms with Gasteiger partial charge < -0.3 is 15.0 Å². The van der Waals surface area contributed by atoms with Crippen LogP contribution in [0.15, 0.2) is 24.5 Å². The molecule has 1 aromatic rings. The lowest BCUT2D eigenvalue weighted by Gasteiger charge is -2.32. The first kappa shape index (κ1) is 14.8. The first-order valence-corrected chi connectivity index (χ1v) is 7.33. The SMILES string of the molecule is CCCC1CN(C(=O)NCCc2cccnc2)CCO1. The fraction of sp³-hybridized carbons (Fsp3) is 0.600. The molecule has 1 unspecified atom stereocenters. The molecule has 2 amide bonds. The van der Waals surface area contributed by atoms with Gasteiger partial charge >= 0.3 is 6.03 Å². The lowest BCUT2D eigenvalue weighted by molar-refractivity contribution is -0.0180. The molecule has 0 aromatic carbocycles. The smallest absolute Gasteiger partial charge is 0.317 e. The number of amides is 2. The van der Waals surface area contributed by atoms with E-state index in [1.807, 2.05) is 23.2 Å². The van der Waals surface area contributed by atoms with Crippen LogP contribution >= 0.6 is 0 Å². The van der Waals surface area contributed by atoms with E-state index in [4.69, 9.17) is 4.74 Å². The summed E-state index contributed by atoms with van der Waals surface area (Å²) in [7, 11) is 0. The maximum absolute atomic E-state index is 12.1. The van der Waals surface area contributed by atoms with Gasteiger partial charge in [-0.15, -0.1) is 0 Å². The minimum atomic E-state index is 0.0123. The fourth-order valence-electron chi connectivity index (χ4n) is 2.37. The van der Waals surface area contributed by atoms with Gasteiger partial charge in [-0.1, -0.05) is 19.4 Å². The van der Waals surface area contributed by atoms with Crippen LogP contribution in [-0.4, -0.2) is 48.3 Å². The van der Waals surface area contributed by atoms with E-state index in [2.05, 4.69) is 17.2 Å². The Morgan fingerprint density at radius 3 is 3.25 bits per heavy atom. The topological polar surface area (TPSA) is 54.5 Å². The zero-order valence-electron chi connectivity index (χ0n) is 12.0. The van der Waals surface area contributed by atoms with Gasteiger partial charge in [-0.3, -0.25) is 4.98 Å². The van der Waals surface area contributed by atoms with Gasteiger partial charge in [0.05, 0.1) is 12.7 Å². The summed E-state index contributed by atoms with van der Waals surface area (Å²) in [6, 6.07) is 3.94. The summed E-state index contributed by atoms with van der Waals surface area (Å²) in [5.74, 6) is 0. The highest BCUT2D eigenvalue weighted by Crippen LogP contribution is 2.10. The third-order valence-corrected chi connectivity index (χ3v) is 3.45. The van der Waals surface area contributed by atoms with Crippen molar-refractivity contribution in [3.8, 4) is 0 Å². The van der Waals surface area contributed by atoms with Gasteiger partial charge in [0.25, 0.3) is 0 Å². The molecular formula is C15H23N3O2. The van der Waals surface area contributed by atoms with Crippen molar-refractivity contribution in [1.29, 1.82) is 0 Å². The molecule has 0 bridgehead atoms. The molecule has 0 saturated carbocycles. The van der Waals surface area contributed by atoms with Crippen LogP contribution in [0.2, 0.25) is 0 Å². The Labute approximate surface area is 120 Å². The summed E-state index contributed by atoms with van der Waals surface area (Å²) in [5, 5.41) is 2.97. The highest BCUT2D eigenvalue weighted by molar-refractivity contribution is 5.74. The van der Waals surface area contributed by atoms with Gasteiger partial charge in [0.15, 0.2) is 0 Å². The van der Waals surface area contributed by atoms with E-state index in [-0.39, 0.29) is 12.1 Å². The van der Waals surface area contributed by atoms with Crippen molar-refractivity contribution in [2.75, 3.05) is 26.2 Å². The van der Waals surface area contributed by atoms with Crippen LogP contribution in [0, 0.1) is 0 Å². The normalized spacial score (nSPS) is 18.9. The molecule has 0 aliphatic carbocycles. The lowest BCUT2D eigenvalue weighted by atomic mass is 10.2. The second-order valence-electron chi connectivity index (χ2n) is 5.07. The Bertz CT molecular complexity index is 409. The average Bonchev–Trinajstić information content (AvgIpc) is 2.49. The van der Waals surface area contributed by atoms with Crippen molar-refractivity contribution in [3.05, 3.63) is 30.1 Å². The van der Waals surface area contributed by atoms with Crippen LogP contribution in [0.3, 0.4) is 0 Å². The van der Waals surface area contributed by atoms with E-state index in [1.54, 1.807) is 6.20 Å². The average molecular weight is 277 g/mol. The number of nitrogens with zero attached hydrogens (tertiary/aromatic N) is 2. The molecule has 1 atom stereocenters. The lowest BCUT2D eigenvalue weighted by Crippen LogP contribution is -2.49. The minimum Gasteiger partial charge on any atom is -0.375 e. The van der Waals surface area contributed by atoms with E-state index in [0.29, 0.717) is 26.2 Å². The number of rotatable bonds is 5. The summed E-state index contributed by atoms with van der Waals surface area (Å²) in [6.07, 6.45) is 6.68. The number of hydrogen-bond donors (Lipinski definition) is 1. The van der Waals surface area contributed by atoms with Crippen LogP contribution in [0.1, 0.15) is 25.3 Å². The predicted octanol–water partition coefficient (Wildman–Crippen LogP) is 1.83. The maximum atomic E-state index is 12.1. The Kier molecular flexibility index (Phi) is 5.80. The number of carbonyl (C=O) groups is 1. The van der Waals surface area contributed by atoms with E-state index >= 15 is 0 Å². The Hall–Kier alpha value is -1.62. The number of ether oxygens (including phenoxy) is 1. The van der Waals surface area contributed by atoms with Crippen LogP contribution < -0.4 is 5.32 Å². The molecular weight excluding hydrogens is 254 g/mol. The minimum absolute atomic E-state index is 0.0123. The van der Waals surface area contributed by atoms with Crippen molar-refractivity contribution in [1.82, 2.24) is 15.2 Å². The molecule has 1 aliphatic rings. The Morgan fingerprint density at radius 1 is 1.60 bits per heavy atom.